The van der Waals surface area contributed by atoms with E-state index in [1.165, 1.54) is 92.6 Å². The van der Waals surface area contributed by atoms with Crippen LogP contribution in [0.3, 0.4) is 0 Å². The van der Waals surface area contributed by atoms with Crippen molar-refractivity contribution < 1.29 is 104 Å². The van der Waals surface area contributed by atoms with Crippen LogP contribution >= 0.6 is 11.6 Å². The van der Waals surface area contributed by atoms with Gasteiger partial charge in [0.1, 0.15) is 97.4 Å². The molecule has 8 N–H and O–H groups in total. The number of carboxylic acids is 4. The van der Waals surface area contributed by atoms with E-state index in [0.29, 0.717) is 135 Å². The van der Waals surface area contributed by atoms with Crippen LogP contribution in [-0.4, -0.2) is 232 Å². The van der Waals surface area contributed by atoms with Gasteiger partial charge >= 0.3 is 23.9 Å². The van der Waals surface area contributed by atoms with Gasteiger partial charge in [-0.15, -0.1) is 0 Å². The van der Waals surface area contributed by atoms with E-state index in [-0.39, 0.29) is 105 Å². The van der Waals surface area contributed by atoms with Gasteiger partial charge in [0.25, 0.3) is 0 Å². The number of hydrogen-bond acceptors (Lipinski definition) is 23. The maximum atomic E-state index is 15.2. The summed E-state index contributed by atoms with van der Waals surface area (Å²) >= 11 is 6.01. The molecular weight excluding hydrogens is 1740 g/mol. The number of fused-ring (bicyclic) bond motifs is 12. The Morgan fingerprint density at radius 2 is 0.682 bits per heavy atom. The third-order valence-corrected chi connectivity index (χ3v) is 25.8. The number of piperidine rings is 1. The molecule has 8 aromatic heterocycles. The van der Waals surface area contributed by atoms with Gasteiger partial charge in [0.15, 0.2) is 5.82 Å². The predicted octanol–water partition coefficient (Wildman–Crippen LogP) is 18.2. The number of phenols is 4. The number of piperazine rings is 3. The number of carboxylic acid groups (broad SMARTS) is 4. The van der Waals surface area contributed by atoms with Gasteiger partial charge in [0, 0.05) is 185 Å². The zero-order chi connectivity index (χ0) is 93.1. The van der Waals surface area contributed by atoms with Gasteiger partial charge in [-0.1, -0.05) is 66.6 Å². The molecule has 12 heterocycles. The second-order valence-corrected chi connectivity index (χ2v) is 33.8. The molecule has 0 aliphatic carbocycles. The molecule has 4 saturated heterocycles. The number of aromatic carboxylic acids is 4. The van der Waals surface area contributed by atoms with Crippen LogP contribution in [0.25, 0.3) is 87.0 Å². The first-order valence-electron chi connectivity index (χ1n) is 42.6. The van der Waals surface area contributed by atoms with Crippen molar-refractivity contribution in [1.29, 1.82) is 0 Å². The highest BCUT2D eigenvalue weighted by Gasteiger charge is 2.41. The van der Waals surface area contributed by atoms with Crippen LogP contribution in [0.2, 0.25) is 5.02 Å². The standard InChI is InChI=1S/C25H23F2N3O4.C25H24FN3O4.C24H19ClF2N2O4.C24H22FN3O4/c1-13-19(25(32)33)20-21(23(31)17-12-15(26)3-4-16(17)24(20)34-13)22(14-5-6-28-18(27)11-14)30-9-7-29(2)8-10-30;1-14-19(25(31)32)20-21(23(30)16-5-3-4-6-17(16)24(20)33-14)22(15-7-8-27-18(26)13-15)29-11-9-28(2)10-12-29;25-15-5-4-13-18(20(15)27)22(30)19(17-14(24(31)32)11-33-23(13)17)21(29-8-2-1-3-9-29)12-6-7-28-16(26)10-12;1-27-8-10-28(11-9-27)21(14-6-7-26-18(25)12-14)20-19-17(24(30)31)13-32-23(19)16-5-3-2-4-15(16)22(20)29/h3-6,11-12,22,31H,7-10H2,1-2H3,(H,32,33);3-8,13,22,30H,9-12H2,1-2H3,(H,31,32);4-7,10-11,21,30H,1-3,8-9H2,(H,31,32);2-7,12-13,21,29H,8-11H2,1H3,(H,30,31). The van der Waals surface area contributed by atoms with Gasteiger partial charge < -0.3 is 73.2 Å². The monoisotopic (exact) mass is 1820 g/mol. The number of hydrogen-bond donors (Lipinski definition) is 8. The Kier molecular flexibility index (Phi) is 25.4. The summed E-state index contributed by atoms with van der Waals surface area (Å²) in [6, 6.07) is 30.3. The summed E-state index contributed by atoms with van der Waals surface area (Å²) in [6.45, 7) is 12.9. The quantitative estimate of drug-likeness (QED) is 0.0329. The molecule has 4 fully saturated rings. The fraction of sp³-hybridized carbons (Fsp3) is 0.265. The fourth-order valence-electron chi connectivity index (χ4n) is 19.2. The van der Waals surface area contributed by atoms with Gasteiger partial charge in [0.05, 0.1) is 34.6 Å². The number of pyridine rings is 4. The van der Waals surface area contributed by atoms with E-state index < -0.39 is 89.2 Å². The zero-order valence-corrected chi connectivity index (χ0v) is 72.6. The average molecular weight is 1830 g/mol. The van der Waals surface area contributed by atoms with Gasteiger partial charge in [-0.2, -0.15) is 17.6 Å². The summed E-state index contributed by atoms with van der Waals surface area (Å²) in [5.41, 5.74) is 4.20. The molecule has 4 aliphatic rings. The van der Waals surface area contributed by atoms with E-state index in [0.717, 1.165) is 64.8 Å². The third-order valence-electron chi connectivity index (χ3n) is 25.5. The normalized spacial score (nSPS) is 16.3. The molecule has 4 unspecified atom stereocenters. The maximum Gasteiger partial charge on any atom is 0.339 e. The lowest BCUT2D eigenvalue weighted by Crippen LogP contribution is -2.46. The zero-order valence-electron chi connectivity index (χ0n) is 71.8. The molecule has 20 rings (SSSR count). The van der Waals surface area contributed by atoms with Crippen LogP contribution in [-0.2, 0) is 0 Å². The molecule has 0 amide bonds. The summed E-state index contributed by atoms with van der Waals surface area (Å²) in [5, 5.41) is 89.6. The molecule has 34 heteroatoms. The van der Waals surface area contributed by atoms with Gasteiger partial charge in [-0.3, -0.25) is 19.6 Å². The van der Waals surface area contributed by atoms with Crippen molar-refractivity contribution in [3.05, 3.63) is 283 Å². The Balaban J connectivity index is 0.000000123. The lowest BCUT2D eigenvalue weighted by Gasteiger charge is -2.39. The maximum absolute atomic E-state index is 15.2. The summed E-state index contributed by atoms with van der Waals surface area (Å²) in [6.07, 6.45) is 10.5. The van der Waals surface area contributed by atoms with Crippen LogP contribution in [0.5, 0.6) is 23.0 Å². The van der Waals surface area contributed by atoms with Crippen molar-refractivity contribution in [3.8, 4) is 23.0 Å². The van der Waals surface area contributed by atoms with Gasteiger partial charge in [0.2, 0.25) is 23.8 Å². The number of halogens is 7. The first kappa shape index (κ1) is 90.2. The lowest BCUT2D eigenvalue weighted by molar-refractivity contribution is 0.0685. The number of furan rings is 4. The summed E-state index contributed by atoms with van der Waals surface area (Å²) in [5.74, 6) is -9.19. The molecule has 4 atom stereocenters. The van der Waals surface area contributed by atoms with E-state index in [9.17, 15) is 82.0 Å². The Hall–Kier alpha value is -13.8. The van der Waals surface area contributed by atoms with Gasteiger partial charge in [-0.05, 0) is 162 Å². The topological polar surface area (TPSA) is 357 Å². The van der Waals surface area contributed by atoms with Crippen molar-refractivity contribution in [3.63, 3.8) is 0 Å². The molecule has 8 aromatic carbocycles. The number of carbonyl (C=O) groups is 4. The van der Waals surface area contributed by atoms with E-state index in [4.69, 9.17) is 29.3 Å². The second kappa shape index (κ2) is 37.2. The van der Waals surface area contributed by atoms with Crippen LogP contribution in [0.4, 0.5) is 26.3 Å². The highest BCUT2D eigenvalue weighted by atomic mass is 35.5. The minimum Gasteiger partial charge on any atom is -0.507 e. The van der Waals surface area contributed by atoms with Gasteiger partial charge in [-0.25, -0.2) is 47.9 Å². The van der Waals surface area contributed by atoms with E-state index in [1.807, 2.05) is 38.2 Å². The number of likely N-dealkylation sites (N-methyl/N-ethyl adjacent to an activating group) is 3. The Labute approximate surface area is 753 Å². The number of benzene rings is 8. The molecule has 680 valence electrons. The third kappa shape index (κ3) is 16.9. The molecule has 4 aliphatic heterocycles. The summed E-state index contributed by atoms with van der Waals surface area (Å²) in [7, 11) is 6.06. The molecule has 132 heavy (non-hydrogen) atoms. The average Bonchev–Trinajstić information content (AvgIpc) is 1.12. The molecule has 0 saturated carbocycles. The highest BCUT2D eigenvalue weighted by molar-refractivity contribution is 6.32. The minimum atomic E-state index is -1.26. The van der Waals surface area contributed by atoms with E-state index in [1.54, 1.807) is 67.6 Å². The Morgan fingerprint density at radius 3 is 1.05 bits per heavy atom. The smallest absolute Gasteiger partial charge is 0.339 e. The van der Waals surface area contributed by atoms with E-state index >= 15 is 4.39 Å². The van der Waals surface area contributed by atoms with Crippen molar-refractivity contribution in [2.75, 3.05) is 113 Å². The molecule has 0 spiro atoms. The number of aromatic nitrogens is 4. The molecule has 27 nitrogen and oxygen atoms in total. The Bertz CT molecular complexity index is 7230. The largest absolute Gasteiger partial charge is 0.507 e. The molecule has 0 bridgehead atoms. The first-order chi connectivity index (χ1) is 63.5. The van der Waals surface area contributed by atoms with Crippen LogP contribution < -0.4 is 0 Å². The molecule has 0 radical (unpaired) electrons. The van der Waals surface area contributed by atoms with Crippen molar-refractivity contribution in [2.24, 2.45) is 0 Å². The second-order valence-electron chi connectivity index (χ2n) is 33.4. The van der Waals surface area contributed by atoms with Crippen molar-refractivity contribution in [2.45, 2.75) is 57.3 Å². The predicted molar refractivity (Wildman–Crippen MR) is 481 cm³/mol. The number of nitrogens with zero attached hydrogens (tertiary/aromatic N) is 11. The molecular formula is C98H88ClF6N11O16. The van der Waals surface area contributed by atoms with Crippen LogP contribution in [0.1, 0.15) is 141 Å². The van der Waals surface area contributed by atoms with Crippen molar-refractivity contribution in [1.82, 2.24) is 54.2 Å². The SMILES string of the molecule is CN1CCN(C(c2ccnc(F)c2)c2c(O)c3ccccc3c3occ(C(=O)O)c23)CC1.Cc1oc2c(c1C(=O)O)c(C(c1ccnc(F)c1)N1CCN(C)CC1)c(O)c1cc(F)ccc12.Cc1oc2c(c1C(=O)O)c(C(c1ccnc(F)c1)N1CCN(C)CC1)c(O)c1ccccc12.O=C(O)c1coc2c1c(C(c1ccnc(F)c1)N1CCCCC1)c(O)c1c(F)c(Cl)ccc12. The first-order valence-corrected chi connectivity index (χ1v) is 43.0. The number of aryl methyl sites for hydroxylation is 2. The number of rotatable bonds is 16. The summed E-state index contributed by atoms with van der Waals surface area (Å²) < 4.78 is 109. The van der Waals surface area contributed by atoms with Crippen molar-refractivity contribution >= 4 is 122 Å². The fourth-order valence-corrected chi connectivity index (χ4v) is 19.4. The number of likely N-dealkylation sites (tertiary alicyclic amines) is 1. The lowest BCUT2D eigenvalue weighted by atomic mass is 9.88. The number of aromatic hydroxyl groups is 4. The molecule has 16 aromatic rings. The summed E-state index contributed by atoms with van der Waals surface area (Å²) in [4.78, 5) is 78.3. The highest BCUT2D eigenvalue weighted by Crippen LogP contribution is 2.54. The van der Waals surface area contributed by atoms with Crippen LogP contribution in [0.15, 0.2) is 182 Å². The Morgan fingerprint density at radius 1 is 0.356 bits per heavy atom. The van der Waals surface area contributed by atoms with E-state index in [2.05, 4.69) is 49.3 Å². The minimum absolute atomic E-state index is 0.00899. The van der Waals surface area contributed by atoms with Crippen LogP contribution in [0, 0.1) is 49.3 Å². The number of phenolic OH excluding ortho intramolecular Hbond substituents is 4.